The highest BCUT2D eigenvalue weighted by Crippen LogP contribution is 2.43. The number of aliphatic hydroxyl groups excluding tert-OH is 1. The van der Waals surface area contributed by atoms with E-state index in [0.29, 0.717) is 37.3 Å². The van der Waals surface area contributed by atoms with E-state index in [4.69, 9.17) is 9.47 Å². The molecule has 0 radical (unpaired) electrons. The van der Waals surface area contributed by atoms with Crippen LogP contribution in [0.25, 0.3) is 0 Å². The Morgan fingerprint density at radius 3 is 2.27 bits per heavy atom. The second-order valence-corrected chi connectivity index (χ2v) is 14.8. The number of anilines is 2. The first-order valence-corrected chi connectivity index (χ1v) is 18.3. The molecule has 0 aliphatic carbocycles. The van der Waals surface area contributed by atoms with Gasteiger partial charge in [0.05, 0.1) is 30.4 Å². The van der Waals surface area contributed by atoms with Crippen LogP contribution < -0.4 is 14.9 Å². The maximum absolute atomic E-state index is 13.3. The zero-order valence-corrected chi connectivity index (χ0v) is 28.3. The van der Waals surface area contributed by atoms with E-state index in [-0.39, 0.29) is 35.5 Å². The van der Waals surface area contributed by atoms with E-state index >= 15 is 0 Å². The number of aliphatic hydroxyl groups is 1. The van der Waals surface area contributed by atoms with Crippen molar-refractivity contribution in [3.8, 4) is 0 Å². The van der Waals surface area contributed by atoms with Gasteiger partial charge in [-0.3, -0.25) is 9.52 Å². The van der Waals surface area contributed by atoms with E-state index in [2.05, 4.69) is 38.9 Å². The van der Waals surface area contributed by atoms with E-state index in [9.17, 15) is 18.3 Å². The van der Waals surface area contributed by atoms with E-state index in [1.54, 1.807) is 48.5 Å². The first-order chi connectivity index (χ1) is 23.8. The maximum Gasteiger partial charge on any atom is 0.261 e. The lowest BCUT2D eigenvalue weighted by Crippen LogP contribution is -2.57. The molecular weight excluding hydrogens is 641 g/mol. The molecule has 3 aliphatic rings. The number of amides is 1. The normalized spacial score (nSPS) is 24.1. The van der Waals surface area contributed by atoms with Gasteiger partial charge in [0.15, 0.2) is 6.29 Å². The summed E-state index contributed by atoms with van der Waals surface area (Å²) in [5.74, 6) is 0.0587. The Labute approximate surface area is 287 Å². The average Bonchev–Trinajstić information content (AvgIpc) is 3.45. The minimum atomic E-state index is -3.79. The Bertz CT molecular complexity index is 1850. The first-order valence-electron chi connectivity index (χ1n) is 16.8. The van der Waals surface area contributed by atoms with Crippen LogP contribution in [0, 0.1) is 5.92 Å². The summed E-state index contributed by atoms with van der Waals surface area (Å²) in [6.45, 7) is 4.71. The van der Waals surface area contributed by atoms with E-state index < -0.39 is 21.9 Å². The van der Waals surface area contributed by atoms with E-state index in [0.717, 1.165) is 29.9 Å². The second kappa shape index (κ2) is 13.9. The molecule has 3 saturated heterocycles. The number of para-hydroxylation sites is 1. The summed E-state index contributed by atoms with van der Waals surface area (Å²) < 4.78 is 42.2. The van der Waals surface area contributed by atoms with Crippen molar-refractivity contribution in [3.05, 3.63) is 126 Å². The average molecular weight is 683 g/mol. The predicted molar refractivity (Wildman–Crippen MR) is 187 cm³/mol. The monoisotopic (exact) mass is 682 g/mol. The fourth-order valence-corrected chi connectivity index (χ4v) is 8.35. The molecule has 4 atom stereocenters. The molecule has 3 N–H and O–H groups in total. The molecular formula is C38H42N4O6S. The molecule has 0 bridgehead atoms. The molecule has 3 aliphatic heterocycles. The molecule has 4 aromatic rings. The summed E-state index contributed by atoms with van der Waals surface area (Å²) in [4.78, 5) is 18.0. The highest BCUT2D eigenvalue weighted by atomic mass is 32.2. The Morgan fingerprint density at radius 1 is 0.878 bits per heavy atom. The minimum absolute atomic E-state index is 0.0255. The Morgan fingerprint density at radius 2 is 1.57 bits per heavy atom. The summed E-state index contributed by atoms with van der Waals surface area (Å²) in [6.07, 6.45) is 0.110. The van der Waals surface area contributed by atoms with Crippen molar-refractivity contribution in [2.45, 2.75) is 55.3 Å². The van der Waals surface area contributed by atoms with Crippen LogP contribution >= 0.6 is 0 Å². The maximum atomic E-state index is 13.3. The van der Waals surface area contributed by atoms with Crippen LogP contribution in [0.2, 0.25) is 0 Å². The molecule has 49 heavy (non-hydrogen) atoms. The molecule has 3 fully saturated rings. The SMILES string of the molecule is CC1C(CN2CCC3(CC2)C(=O)NCN3c2ccccc2)OC(c2cccc(NS(=O)(=O)c3ccccc3)c2)OC1c1ccc(CO)cc1. The number of hydrogen-bond donors (Lipinski definition) is 3. The molecule has 1 amide bonds. The Hall–Kier alpha value is -4.26. The second-order valence-electron chi connectivity index (χ2n) is 13.1. The number of sulfonamides is 1. The number of ether oxygens (including phenoxy) is 2. The number of nitrogens with zero attached hydrogens (tertiary/aromatic N) is 2. The summed E-state index contributed by atoms with van der Waals surface area (Å²) in [5.41, 5.74) is 3.36. The van der Waals surface area contributed by atoms with Crippen LogP contribution in [0.3, 0.4) is 0 Å². The number of nitrogens with one attached hydrogen (secondary N) is 2. The molecule has 256 valence electrons. The Kier molecular flexibility index (Phi) is 9.45. The smallest absolute Gasteiger partial charge is 0.261 e. The van der Waals surface area contributed by atoms with Gasteiger partial charge in [0.2, 0.25) is 5.91 Å². The fourth-order valence-electron chi connectivity index (χ4n) is 7.28. The van der Waals surface area contributed by atoms with Gasteiger partial charge in [-0.25, -0.2) is 8.42 Å². The summed E-state index contributed by atoms with van der Waals surface area (Å²) in [7, 11) is -3.79. The third-order valence-electron chi connectivity index (χ3n) is 10.1. The number of carbonyl (C=O) groups excluding carboxylic acids is 1. The first kappa shape index (κ1) is 33.2. The lowest BCUT2D eigenvalue weighted by molar-refractivity contribution is -0.276. The number of rotatable bonds is 9. The molecule has 4 unspecified atom stereocenters. The molecule has 0 saturated carbocycles. The highest BCUT2D eigenvalue weighted by Gasteiger charge is 2.51. The standard InChI is InChI=1S/C38H42N4O6S/c1-27-34(24-41-21-19-38(20-22-41)37(44)39-26-42(38)32-11-4-2-5-12-32)47-36(48-35(27)29-17-15-28(25-43)16-18-29)30-9-8-10-31(23-30)40-49(45,46)33-13-6-3-7-14-33/h2-18,23,27,34-36,40,43H,19-22,24-26H2,1H3,(H,39,44). The summed E-state index contributed by atoms with van der Waals surface area (Å²) in [6, 6.07) is 33.3. The Balaban J connectivity index is 1.11. The molecule has 0 aromatic heterocycles. The lowest BCUT2D eigenvalue weighted by Gasteiger charge is -2.46. The van der Waals surface area contributed by atoms with Crippen molar-refractivity contribution < 1.29 is 27.8 Å². The summed E-state index contributed by atoms with van der Waals surface area (Å²) >= 11 is 0. The van der Waals surface area contributed by atoms with Crippen LogP contribution in [0.4, 0.5) is 11.4 Å². The fraction of sp³-hybridized carbons (Fsp3) is 0.342. The van der Waals surface area contributed by atoms with Crippen LogP contribution in [0.15, 0.2) is 114 Å². The van der Waals surface area contributed by atoms with Gasteiger partial charge in [0, 0.05) is 42.5 Å². The van der Waals surface area contributed by atoms with Crippen LogP contribution in [-0.4, -0.2) is 62.3 Å². The van der Waals surface area contributed by atoms with Crippen molar-refractivity contribution in [1.82, 2.24) is 10.2 Å². The molecule has 7 rings (SSSR count). The van der Waals surface area contributed by atoms with Crippen molar-refractivity contribution >= 4 is 27.3 Å². The van der Waals surface area contributed by atoms with Crippen molar-refractivity contribution in [3.63, 3.8) is 0 Å². The van der Waals surface area contributed by atoms with Crippen LogP contribution in [-0.2, 0) is 30.9 Å². The molecule has 10 nitrogen and oxygen atoms in total. The number of hydrogen-bond acceptors (Lipinski definition) is 8. The van der Waals surface area contributed by atoms with Gasteiger partial charge >= 0.3 is 0 Å². The zero-order valence-electron chi connectivity index (χ0n) is 27.4. The van der Waals surface area contributed by atoms with Crippen molar-refractivity contribution in [2.75, 3.05) is 35.9 Å². The topological polar surface area (TPSA) is 120 Å². The quantitative estimate of drug-likeness (QED) is 0.221. The number of likely N-dealkylation sites (tertiary alicyclic amines) is 1. The molecule has 1 spiro atoms. The van der Waals surface area contributed by atoms with Crippen LogP contribution in [0.1, 0.15) is 48.8 Å². The number of piperidine rings is 1. The van der Waals surface area contributed by atoms with E-state index in [1.165, 1.54) is 0 Å². The van der Waals surface area contributed by atoms with E-state index in [1.807, 2.05) is 48.5 Å². The summed E-state index contributed by atoms with van der Waals surface area (Å²) in [5, 5.41) is 12.7. The highest BCUT2D eigenvalue weighted by molar-refractivity contribution is 7.92. The largest absolute Gasteiger partial charge is 0.392 e. The molecule has 11 heteroatoms. The van der Waals surface area contributed by atoms with Gasteiger partial charge in [0.25, 0.3) is 10.0 Å². The number of carbonyl (C=O) groups is 1. The van der Waals surface area contributed by atoms with Crippen LogP contribution in [0.5, 0.6) is 0 Å². The predicted octanol–water partition coefficient (Wildman–Crippen LogP) is 5.20. The van der Waals surface area contributed by atoms with Crippen molar-refractivity contribution in [2.24, 2.45) is 5.92 Å². The minimum Gasteiger partial charge on any atom is -0.392 e. The zero-order chi connectivity index (χ0) is 34.0. The third kappa shape index (κ3) is 6.82. The lowest BCUT2D eigenvalue weighted by atomic mass is 9.84. The van der Waals surface area contributed by atoms with Gasteiger partial charge in [-0.2, -0.15) is 0 Å². The van der Waals surface area contributed by atoms with Gasteiger partial charge < -0.3 is 29.7 Å². The molecule has 4 aromatic carbocycles. The van der Waals surface area contributed by atoms with Gasteiger partial charge in [-0.15, -0.1) is 0 Å². The van der Waals surface area contributed by atoms with Gasteiger partial charge in [-0.05, 0) is 60.4 Å². The van der Waals surface area contributed by atoms with Gasteiger partial charge in [-0.1, -0.05) is 79.7 Å². The number of benzene rings is 4. The van der Waals surface area contributed by atoms with Gasteiger partial charge in [0.1, 0.15) is 5.54 Å². The van der Waals surface area contributed by atoms with Crippen molar-refractivity contribution in [1.29, 1.82) is 0 Å². The third-order valence-corrected chi connectivity index (χ3v) is 11.5. The molecule has 3 heterocycles.